The Hall–Kier alpha value is -2.36. The maximum absolute atomic E-state index is 12.8. The Balaban J connectivity index is 1.57. The highest BCUT2D eigenvalue weighted by molar-refractivity contribution is 8.41. The highest BCUT2D eigenvalue weighted by Gasteiger charge is 2.49. The first kappa shape index (κ1) is 17.1. The second-order valence-electron chi connectivity index (χ2n) is 5.41. The van der Waals surface area contributed by atoms with Crippen molar-refractivity contribution in [3.05, 3.63) is 60.2 Å². The minimum Gasteiger partial charge on any atom is -0.478 e. The summed E-state index contributed by atoms with van der Waals surface area (Å²) in [6.45, 7) is 0. The van der Waals surface area contributed by atoms with E-state index >= 15 is 0 Å². The number of carboxylic acids is 1. The molecular weight excluding hydrogens is 390 g/mol. The number of fused-ring (bicyclic) bond motifs is 1. The molecule has 2 fully saturated rings. The molecule has 0 aliphatic carbocycles. The maximum atomic E-state index is 12.8. The zero-order chi connectivity index (χ0) is 18.3. The summed E-state index contributed by atoms with van der Waals surface area (Å²) in [5.41, 5.74) is 1.44. The minimum absolute atomic E-state index is 0.108. The van der Waals surface area contributed by atoms with Gasteiger partial charge in [0.25, 0.3) is 5.91 Å². The largest absolute Gasteiger partial charge is 0.478 e. The second-order valence-corrected chi connectivity index (χ2v) is 8.07. The lowest BCUT2D eigenvalue weighted by Gasteiger charge is -2.17. The lowest BCUT2D eigenvalue weighted by molar-refractivity contribution is -0.117. The van der Waals surface area contributed by atoms with E-state index in [1.807, 2.05) is 30.3 Å². The molecule has 2 aliphatic heterocycles. The summed E-state index contributed by atoms with van der Waals surface area (Å²) in [7, 11) is 0. The van der Waals surface area contributed by atoms with E-state index in [1.165, 1.54) is 40.7 Å². The molecule has 2 aromatic rings. The third kappa shape index (κ3) is 2.98. The fourth-order valence-electron chi connectivity index (χ4n) is 2.57. The monoisotopic (exact) mass is 401 g/mol. The smallest absolute Gasteiger partial charge is 0.335 e. The number of anilines is 1. The Bertz CT molecular complexity index is 923. The molecule has 0 spiro atoms. The number of carbonyl (C=O) groups excluding carboxylic acids is 1. The van der Waals surface area contributed by atoms with Gasteiger partial charge in [0.05, 0.1) is 16.9 Å². The predicted molar refractivity (Wildman–Crippen MR) is 108 cm³/mol. The van der Waals surface area contributed by atoms with Crippen LogP contribution in [0, 0.1) is 0 Å². The summed E-state index contributed by atoms with van der Waals surface area (Å²) in [4.78, 5) is 29.8. The number of aliphatic imine (C=N–C) groups is 1. The summed E-state index contributed by atoms with van der Waals surface area (Å²) in [6.07, 6.45) is 0. The van der Waals surface area contributed by atoms with Gasteiger partial charge in [-0.1, -0.05) is 36.0 Å². The van der Waals surface area contributed by atoms with Gasteiger partial charge in [0.2, 0.25) is 0 Å². The van der Waals surface area contributed by atoms with Crippen LogP contribution in [-0.4, -0.2) is 36.2 Å². The highest BCUT2D eigenvalue weighted by Crippen LogP contribution is 2.45. The van der Waals surface area contributed by atoms with Crippen molar-refractivity contribution in [3.8, 4) is 0 Å². The fourth-order valence-corrected chi connectivity index (χ4v) is 5.40. The maximum Gasteiger partial charge on any atom is 0.335 e. The number of hydrogen-bond acceptors (Lipinski definition) is 6. The SMILES string of the molecule is O=C(O)c1cccc(N=C2SC3C(=O)N(c4ccccc4)C(=S)N3S2)c1. The highest BCUT2D eigenvalue weighted by atomic mass is 32.2. The van der Waals surface area contributed by atoms with E-state index in [-0.39, 0.29) is 11.5 Å². The van der Waals surface area contributed by atoms with E-state index < -0.39 is 11.3 Å². The van der Waals surface area contributed by atoms with Gasteiger partial charge in [-0.2, -0.15) is 0 Å². The number of aromatic carboxylic acids is 1. The number of nitrogens with zero attached hydrogens (tertiary/aromatic N) is 3. The van der Waals surface area contributed by atoms with Gasteiger partial charge in [-0.3, -0.25) is 14.0 Å². The molecule has 0 saturated carbocycles. The van der Waals surface area contributed by atoms with Crippen LogP contribution in [0.2, 0.25) is 0 Å². The van der Waals surface area contributed by atoms with E-state index in [4.69, 9.17) is 17.3 Å². The Morgan fingerprint density at radius 1 is 1.15 bits per heavy atom. The average Bonchev–Trinajstić information content (AvgIpc) is 3.15. The predicted octanol–water partition coefficient (Wildman–Crippen LogP) is 3.73. The quantitative estimate of drug-likeness (QED) is 0.621. The third-order valence-electron chi connectivity index (χ3n) is 3.74. The first-order valence-corrected chi connectivity index (χ1v) is 9.59. The molecule has 2 saturated heterocycles. The summed E-state index contributed by atoms with van der Waals surface area (Å²) < 4.78 is 2.41. The summed E-state index contributed by atoms with van der Waals surface area (Å²) in [5, 5.41) is 9.03. The molecule has 1 unspecified atom stereocenters. The molecule has 0 radical (unpaired) electrons. The van der Waals surface area contributed by atoms with Crippen molar-refractivity contribution in [2.24, 2.45) is 4.99 Å². The molecule has 1 atom stereocenters. The van der Waals surface area contributed by atoms with Crippen molar-refractivity contribution in [1.82, 2.24) is 4.31 Å². The van der Waals surface area contributed by atoms with Crippen molar-refractivity contribution in [2.45, 2.75) is 5.37 Å². The molecule has 0 bridgehead atoms. The topological polar surface area (TPSA) is 73.2 Å². The molecular formula is C17H11N3O3S3. The first-order valence-electron chi connectivity index (χ1n) is 7.53. The molecule has 2 aliphatic rings. The van der Waals surface area contributed by atoms with Gasteiger partial charge >= 0.3 is 5.97 Å². The Morgan fingerprint density at radius 3 is 2.62 bits per heavy atom. The van der Waals surface area contributed by atoms with Crippen LogP contribution in [0.5, 0.6) is 0 Å². The van der Waals surface area contributed by atoms with Crippen molar-refractivity contribution in [1.29, 1.82) is 0 Å². The second kappa shape index (κ2) is 6.75. The summed E-state index contributed by atoms with van der Waals surface area (Å²) in [6, 6.07) is 15.7. The molecule has 1 N–H and O–H groups in total. The van der Waals surface area contributed by atoms with Gasteiger partial charge in [-0.05, 0) is 42.5 Å². The number of benzene rings is 2. The van der Waals surface area contributed by atoms with E-state index in [2.05, 4.69) is 4.99 Å². The zero-order valence-electron chi connectivity index (χ0n) is 13.1. The van der Waals surface area contributed by atoms with Crippen LogP contribution < -0.4 is 4.90 Å². The molecule has 26 heavy (non-hydrogen) atoms. The van der Waals surface area contributed by atoms with Gasteiger partial charge in [-0.15, -0.1) is 0 Å². The third-order valence-corrected chi connectivity index (χ3v) is 6.64. The minimum atomic E-state index is -1.01. The summed E-state index contributed by atoms with van der Waals surface area (Å²) in [5.74, 6) is -1.11. The Labute approximate surface area is 163 Å². The van der Waals surface area contributed by atoms with Crippen molar-refractivity contribution in [2.75, 3.05) is 4.90 Å². The lowest BCUT2D eigenvalue weighted by atomic mass is 10.2. The molecule has 2 aromatic carbocycles. The molecule has 1 amide bonds. The normalized spacial score (nSPS) is 20.8. The van der Waals surface area contributed by atoms with Crippen LogP contribution in [-0.2, 0) is 4.79 Å². The fraction of sp³-hybridized carbons (Fsp3) is 0.0588. The van der Waals surface area contributed by atoms with Gasteiger partial charge in [0.1, 0.15) is 0 Å². The van der Waals surface area contributed by atoms with Crippen LogP contribution in [0.15, 0.2) is 59.6 Å². The lowest BCUT2D eigenvalue weighted by Crippen LogP contribution is -2.31. The van der Waals surface area contributed by atoms with Gasteiger partial charge in [0, 0.05) is 11.9 Å². The number of para-hydroxylation sites is 1. The first-order chi connectivity index (χ1) is 12.5. The van der Waals surface area contributed by atoms with Crippen LogP contribution in [0.3, 0.4) is 0 Å². The molecule has 0 aromatic heterocycles. The molecule has 4 rings (SSSR count). The van der Waals surface area contributed by atoms with E-state index in [0.717, 1.165) is 5.69 Å². The van der Waals surface area contributed by atoms with Crippen LogP contribution in [0.1, 0.15) is 10.4 Å². The number of hydrogen-bond donors (Lipinski definition) is 1. The number of amides is 1. The summed E-state index contributed by atoms with van der Waals surface area (Å²) >= 11 is 8.08. The number of rotatable bonds is 3. The van der Waals surface area contributed by atoms with E-state index in [0.29, 0.717) is 15.2 Å². The Morgan fingerprint density at radius 2 is 1.92 bits per heavy atom. The van der Waals surface area contributed by atoms with E-state index in [1.54, 1.807) is 16.4 Å². The molecule has 6 nitrogen and oxygen atoms in total. The van der Waals surface area contributed by atoms with Crippen LogP contribution in [0.4, 0.5) is 11.4 Å². The molecule has 2 heterocycles. The van der Waals surface area contributed by atoms with Crippen LogP contribution in [0.25, 0.3) is 0 Å². The molecule has 9 heteroatoms. The number of carbonyl (C=O) groups is 2. The van der Waals surface area contributed by atoms with E-state index in [9.17, 15) is 9.59 Å². The average molecular weight is 401 g/mol. The van der Waals surface area contributed by atoms with Crippen LogP contribution >= 0.6 is 35.9 Å². The zero-order valence-corrected chi connectivity index (χ0v) is 15.6. The van der Waals surface area contributed by atoms with Gasteiger partial charge in [-0.25, -0.2) is 9.79 Å². The number of thiocarbonyl (C=S) groups is 1. The van der Waals surface area contributed by atoms with Crippen molar-refractivity contribution in [3.63, 3.8) is 0 Å². The van der Waals surface area contributed by atoms with Crippen molar-refractivity contribution >= 4 is 68.7 Å². The van der Waals surface area contributed by atoms with Gasteiger partial charge < -0.3 is 5.11 Å². The number of carboxylic acid groups (broad SMARTS) is 1. The molecule has 130 valence electrons. The van der Waals surface area contributed by atoms with Crippen molar-refractivity contribution < 1.29 is 14.7 Å². The standard InChI is InChI=1S/C17H11N3O3S3/c21-13-14-20(17(24)19(13)12-7-2-1-3-8-12)26-16(25-14)18-11-6-4-5-10(9-11)15(22)23/h1-9,14H,(H,22,23). The Kier molecular flexibility index (Phi) is 4.43. The number of thioether (sulfide) groups is 1. The van der Waals surface area contributed by atoms with Gasteiger partial charge in [0.15, 0.2) is 14.9 Å².